The molecule has 1 heterocycles. The number of nitrogens with two attached hydrogens (primary N) is 1. The molecule has 1 aliphatic rings. The Kier molecular flexibility index (Phi) is 3.69. The maximum atomic E-state index is 5.81. The highest BCUT2D eigenvalue weighted by Crippen LogP contribution is 2.05. The van der Waals surface area contributed by atoms with E-state index in [1.807, 2.05) is 18.2 Å². The van der Waals surface area contributed by atoms with Crippen molar-refractivity contribution in [3.05, 3.63) is 35.9 Å². The summed E-state index contributed by atoms with van der Waals surface area (Å²) < 4.78 is 5.72. The molecule has 3 N–H and O–H groups in total. The number of benzene rings is 1. The van der Waals surface area contributed by atoms with Crippen LogP contribution in [-0.4, -0.2) is 30.9 Å². The number of nitrogens with zero attached hydrogens (tertiary/aromatic N) is 1. The smallest absolute Gasteiger partial charge is 0.135 e. The topological polar surface area (TPSA) is 50.5 Å². The van der Waals surface area contributed by atoms with Gasteiger partial charge in [-0.1, -0.05) is 30.3 Å². The molecule has 1 aliphatic heterocycles. The predicted octanol–water partition coefficient (Wildman–Crippen LogP) is 0.308. The van der Waals surface area contributed by atoms with Gasteiger partial charge >= 0.3 is 0 Å². The molecule has 0 aromatic heterocycles. The van der Waals surface area contributed by atoms with Crippen LogP contribution in [0, 0.1) is 0 Å². The maximum Gasteiger partial charge on any atom is 0.135 e. The molecular formula is C11H17N3O. The number of rotatable bonds is 3. The Morgan fingerprint density at radius 1 is 1.40 bits per heavy atom. The van der Waals surface area contributed by atoms with Crippen LogP contribution in [0.25, 0.3) is 0 Å². The van der Waals surface area contributed by atoms with Crippen LogP contribution in [0.4, 0.5) is 0 Å². The molecule has 1 atom stereocenters. The molecule has 4 nitrogen and oxygen atoms in total. The molecule has 82 valence electrons. The highest BCUT2D eigenvalue weighted by atomic mass is 16.5. The monoisotopic (exact) mass is 207 g/mol. The van der Waals surface area contributed by atoms with Crippen molar-refractivity contribution < 1.29 is 4.74 Å². The fourth-order valence-corrected chi connectivity index (χ4v) is 1.62. The molecule has 1 aromatic rings. The maximum absolute atomic E-state index is 5.81. The molecule has 0 radical (unpaired) electrons. The minimum Gasteiger partial charge on any atom is -0.356 e. The van der Waals surface area contributed by atoms with E-state index in [1.165, 1.54) is 5.56 Å². The lowest BCUT2D eigenvalue weighted by molar-refractivity contribution is -0.0801. The summed E-state index contributed by atoms with van der Waals surface area (Å²) in [5.41, 5.74) is 1.18. The van der Waals surface area contributed by atoms with E-state index in [2.05, 4.69) is 17.4 Å². The van der Waals surface area contributed by atoms with E-state index in [9.17, 15) is 0 Å². The molecule has 1 unspecified atom stereocenters. The van der Waals surface area contributed by atoms with Crippen molar-refractivity contribution in [2.75, 3.05) is 19.6 Å². The van der Waals surface area contributed by atoms with E-state index in [0.717, 1.165) is 19.6 Å². The third-order valence-electron chi connectivity index (χ3n) is 2.52. The summed E-state index contributed by atoms with van der Waals surface area (Å²) in [6, 6.07) is 10.1. The first kappa shape index (κ1) is 10.6. The van der Waals surface area contributed by atoms with Crippen LogP contribution in [0.3, 0.4) is 0 Å². The first-order valence-corrected chi connectivity index (χ1v) is 5.24. The van der Waals surface area contributed by atoms with Crippen LogP contribution in [0.5, 0.6) is 0 Å². The van der Waals surface area contributed by atoms with E-state index in [1.54, 1.807) is 5.01 Å². The van der Waals surface area contributed by atoms with Gasteiger partial charge in [-0.05, 0) is 5.56 Å². The third-order valence-corrected chi connectivity index (χ3v) is 2.52. The van der Waals surface area contributed by atoms with Crippen LogP contribution in [0.15, 0.2) is 30.3 Å². The predicted molar refractivity (Wildman–Crippen MR) is 58.8 cm³/mol. The fourth-order valence-electron chi connectivity index (χ4n) is 1.62. The lowest BCUT2D eigenvalue weighted by Gasteiger charge is -2.32. The largest absolute Gasteiger partial charge is 0.356 e. The zero-order chi connectivity index (χ0) is 10.5. The van der Waals surface area contributed by atoms with Crippen LogP contribution in [0.2, 0.25) is 0 Å². The van der Waals surface area contributed by atoms with Gasteiger partial charge in [-0.15, -0.1) is 0 Å². The first-order valence-electron chi connectivity index (χ1n) is 5.24. The summed E-state index contributed by atoms with van der Waals surface area (Å²) in [6.45, 7) is 3.17. The Morgan fingerprint density at radius 2 is 2.20 bits per heavy atom. The number of hydrogen-bond acceptors (Lipinski definition) is 4. The summed E-state index contributed by atoms with van der Waals surface area (Å²) >= 11 is 0. The van der Waals surface area contributed by atoms with E-state index >= 15 is 0 Å². The van der Waals surface area contributed by atoms with Crippen molar-refractivity contribution in [1.82, 2.24) is 10.3 Å². The number of nitrogens with one attached hydrogen (secondary N) is 1. The Hall–Kier alpha value is -0.940. The van der Waals surface area contributed by atoms with Gasteiger partial charge in [0.05, 0.1) is 6.61 Å². The van der Waals surface area contributed by atoms with Crippen molar-refractivity contribution in [2.45, 2.75) is 12.8 Å². The standard InChI is InChI=1S/C11H17N3O/c12-14-7-6-13-8-11(14)15-9-10-4-2-1-3-5-10/h1-5,11,13H,6-9,12H2. The minimum absolute atomic E-state index is 0.0149. The SMILES string of the molecule is NN1CCNCC1OCc1ccccc1. The summed E-state index contributed by atoms with van der Waals surface area (Å²) in [5, 5.41) is 5.00. The van der Waals surface area contributed by atoms with Gasteiger partial charge < -0.3 is 10.1 Å². The highest BCUT2D eigenvalue weighted by Gasteiger charge is 2.19. The first-order chi connectivity index (χ1) is 7.36. The second kappa shape index (κ2) is 5.23. The molecule has 15 heavy (non-hydrogen) atoms. The van der Waals surface area contributed by atoms with Gasteiger partial charge in [-0.2, -0.15) is 0 Å². The lowest BCUT2D eigenvalue weighted by Crippen LogP contribution is -2.55. The molecule has 0 spiro atoms. The summed E-state index contributed by atoms with van der Waals surface area (Å²) in [5.74, 6) is 5.81. The van der Waals surface area contributed by atoms with E-state index in [4.69, 9.17) is 10.6 Å². The summed E-state index contributed by atoms with van der Waals surface area (Å²) in [7, 11) is 0. The van der Waals surface area contributed by atoms with Crippen molar-refractivity contribution in [3.63, 3.8) is 0 Å². The van der Waals surface area contributed by atoms with Crippen LogP contribution < -0.4 is 11.2 Å². The number of hydrogen-bond donors (Lipinski definition) is 2. The molecule has 0 amide bonds. The third kappa shape index (κ3) is 3.00. The Balaban J connectivity index is 1.82. The molecule has 0 bridgehead atoms. The van der Waals surface area contributed by atoms with E-state index in [0.29, 0.717) is 6.61 Å². The normalized spacial score (nSPS) is 22.9. The van der Waals surface area contributed by atoms with E-state index in [-0.39, 0.29) is 6.23 Å². The van der Waals surface area contributed by atoms with Gasteiger partial charge in [0.2, 0.25) is 0 Å². The van der Waals surface area contributed by atoms with Crippen molar-refractivity contribution in [1.29, 1.82) is 0 Å². The number of piperazine rings is 1. The molecule has 1 saturated heterocycles. The molecule has 1 aromatic carbocycles. The zero-order valence-electron chi connectivity index (χ0n) is 8.73. The van der Waals surface area contributed by atoms with Gasteiger partial charge in [-0.25, -0.2) is 5.01 Å². The summed E-state index contributed by atoms with van der Waals surface area (Å²) in [6.07, 6.45) is -0.0149. The van der Waals surface area contributed by atoms with Crippen molar-refractivity contribution >= 4 is 0 Å². The average Bonchev–Trinajstić information content (AvgIpc) is 2.29. The Labute approximate surface area is 90.0 Å². The van der Waals surface area contributed by atoms with E-state index < -0.39 is 0 Å². The molecule has 0 aliphatic carbocycles. The molecule has 4 heteroatoms. The van der Waals surface area contributed by atoms with Crippen LogP contribution >= 0.6 is 0 Å². The minimum atomic E-state index is -0.0149. The van der Waals surface area contributed by atoms with Crippen LogP contribution in [-0.2, 0) is 11.3 Å². The number of hydrazine groups is 1. The lowest BCUT2D eigenvalue weighted by atomic mass is 10.2. The van der Waals surface area contributed by atoms with Gasteiger partial charge in [0.25, 0.3) is 0 Å². The van der Waals surface area contributed by atoms with Gasteiger partial charge in [-0.3, -0.25) is 5.84 Å². The van der Waals surface area contributed by atoms with Gasteiger partial charge in [0, 0.05) is 19.6 Å². The number of ether oxygens (including phenoxy) is 1. The molecule has 2 rings (SSSR count). The Bertz CT molecular complexity index is 291. The fraction of sp³-hybridized carbons (Fsp3) is 0.455. The highest BCUT2D eigenvalue weighted by molar-refractivity contribution is 5.13. The van der Waals surface area contributed by atoms with Crippen molar-refractivity contribution in [3.8, 4) is 0 Å². The summed E-state index contributed by atoms with van der Waals surface area (Å²) in [4.78, 5) is 0. The molecule has 0 saturated carbocycles. The van der Waals surface area contributed by atoms with Crippen molar-refractivity contribution in [2.24, 2.45) is 5.84 Å². The zero-order valence-corrected chi connectivity index (χ0v) is 8.73. The van der Waals surface area contributed by atoms with Gasteiger partial charge in [0.1, 0.15) is 6.23 Å². The molecular weight excluding hydrogens is 190 g/mol. The molecule has 1 fully saturated rings. The average molecular weight is 207 g/mol. The quantitative estimate of drug-likeness (QED) is 0.700. The Morgan fingerprint density at radius 3 is 2.93 bits per heavy atom. The van der Waals surface area contributed by atoms with Crippen LogP contribution in [0.1, 0.15) is 5.56 Å². The van der Waals surface area contributed by atoms with Gasteiger partial charge in [0.15, 0.2) is 0 Å². The second-order valence-corrected chi connectivity index (χ2v) is 3.69. The second-order valence-electron chi connectivity index (χ2n) is 3.69.